The number of aryl methyl sites for hydroxylation is 1. The molecule has 2 amide bonds. The summed E-state index contributed by atoms with van der Waals surface area (Å²) < 4.78 is 5.44. The molecule has 116 valence electrons. The molecule has 1 aromatic carbocycles. The molecule has 0 spiro atoms. The number of halogens is 1. The smallest absolute Gasteiger partial charge is 0.319 e. The van der Waals surface area contributed by atoms with Crippen LogP contribution >= 0.6 is 11.6 Å². The molecule has 5 heteroatoms. The van der Waals surface area contributed by atoms with E-state index in [-0.39, 0.29) is 6.03 Å². The van der Waals surface area contributed by atoms with Gasteiger partial charge in [-0.3, -0.25) is 0 Å². The Morgan fingerprint density at radius 3 is 3.05 bits per heavy atom. The molecule has 2 N–H and O–H groups in total. The summed E-state index contributed by atoms with van der Waals surface area (Å²) in [5.74, 6) is 0.570. The van der Waals surface area contributed by atoms with Gasteiger partial charge in [-0.05, 0) is 55.4 Å². The SMILES string of the molecule is CCc1cc(Cl)ccc1NC(=O)NCC[C@H]1CCCOC1. The Balaban J connectivity index is 1.76. The molecule has 4 nitrogen and oxygen atoms in total. The standard InChI is InChI=1S/C16H23ClN2O2/c1-2-13-10-14(17)5-6-15(13)19-16(20)18-8-7-12-4-3-9-21-11-12/h5-6,10,12H,2-4,7-9,11H2,1H3,(H2,18,19,20)/t12-/m1/s1. The first-order valence-corrected chi connectivity index (χ1v) is 7.98. The van der Waals surface area contributed by atoms with E-state index in [0.29, 0.717) is 17.5 Å². The zero-order valence-electron chi connectivity index (χ0n) is 12.5. The Bertz CT molecular complexity index is 473. The van der Waals surface area contributed by atoms with Gasteiger partial charge in [0.25, 0.3) is 0 Å². The van der Waals surface area contributed by atoms with Gasteiger partial charge in [0.15, 0.2) is 0 Å². The third kappa shape index (κ3) is 5.21. The largest absolute Gasteiger partial charge is 0.381 e. The van der Waals surface area contributed by atoms with E-state index in [1.165, 1.54) is 6.42 Å². The van der Waals surface area contributed by atoms with Crippen LogP contribution in [0.2, 0.25) is 5.02 Å². The molecular weight excluding hydrogens is 288 g/mol. The molecule has 1 aromatic rings. The highest BCUT2D eigenvalue weighted by Gasteiger charge is 2.14. The van der Waals surface area contributed by atoms with Gasteiger partial charge in [-0.25, -0.2) is 4.79 Å². The van der Waals surface area contributed by atoms with Crippen molar-refractivity contribution in [3.05, 3.63) is 28.8 Å². The summed E-state index contributed by atoms with van der Waals surface area (Å²) in [7, 11) is 0. The molecule has 1 aliphatic rings. The van der Waals surface area contributed by atoms with E-state index in [2.05, 4.69) is 10.6 Å². The zero-order chi connectivity index (χ0) is 15.1. The van der Waals surface area contributed by atoms with E-state index in [4.69, 9.17) is 16.3 Å². The van der Waals surface area contributed by atoms with Crippen LogP contribution in [-0.4, -0.2) is 25.8 Å². The Morgan fingerprint density at radius 2 is 2.33 bits per heavy atom. The third-order valence-corrected chi connectivity index (χ3v) is 4.02. The maximum Gasteiger partial charge on any atom is 0.319 e. The van der Waals surface area contributed by atoms with Crippen LogP contribution in [0.4, 0.5) is 10.5 Å². The summed E-state index contributed by atoms with van der Waals surface area (Å²) in [6, 6.07) is 5.35. The molecule has 1 fully saturated rings. The maximum absolute atomic E-state index is 11.9. The van der Waals surface area contributed by atoms with Crippen molar-refractivity contribution in [2.45, 2.75) is 32.6 Å². The van der Waals surface area contributed by atoms with E-state index in [1.807, 2.05) is 19.1 Å². The Labute approximate surface area is 131 Å². The normalized spacial score (nSPS) is 18.3. The average molecular weight is 311 g/mol. The molecule has 0 radical (unpaired) electrons. The van der Waals surface area contributed by atoms with E-state index in [1.54, 1.807) is 6.07 Å². The number of urea groups is 1. The van der Waals surface area contributed by atoms with Crippen LogP contribution in [0.25, 0.3) is 0 Å². The van der Waals surface area contributed by atoms with Gasteiger partial charge < -0.3 is 15.4 Å². The second kappa shape index (κ2) is 8.25. The number of ether oxygens (including phenoxy) is 1. The second-order valence-corrected chi connectivity index (χ2v) is 5.84. The number of rotatable bonds is 5. The first kappa shape index (κ1) is 16.1. The fourth-order valence-corrected chi connectivity index (χ4v) is 2.76. The number of nitrogens with one attached hydrogen (secondary N) is 2. The third-order valence-electron chi connectivity index (χ3n) is 3.79. The number of carbonyl (C=O) groups excluding carboxylic acids is 1. The van der Waals surface area contributed by atoms with E-state index < -0.39 is 0 Å². The zero-order valence-corrected chi connectivity index (χ0v) is 13.2. The number of hydrogen-bond donors (Lipinski definition) is 2. The minimum absolute atomic E-state index is 0.163. The van der Waals surface area contributed by atoms with Gasteiger partial charge in [-0.1, -0.05) is 18.5 Å². The van der Waals surface area contributed by atoms with Gasteiger partial charge in [0.05, 0.1) is 0 Å². The second-order valence-electron chi connectivity index (χ2n) is 5.41. The molecule has 0 bridgehead atoms. The van der Waals surface area contributed by atoms with E-state index in [0.717, 1.165) is 43.7 Å². The highest BCUT2D eigenvalue weighted by molar-refractivity contribution is 6.30. The van der Waals surface area contributed by atoms with Gasteiger partial charge in [-0.2, -0.15) is 0 Å². The Hall–Kier alpha value is -1.26. The average Bonchev–Trinajstić information content (AvgIpc) is 2.50. The van der Waals surface area contributed by atoms with Gasteiger partial charge in [-0.15, -0.1) is 0 Å². The van der Waals surface area contributed by atoms with Crippen molar-refractivity contribution in [2.24, 2.45) is 5.92 Å². The predicted octanol–water partition coefficient (Wildman–Crippen LogP) is 3.84. The van der Waals surface area contributed by atoms with Crippen molar-refractivity contribution in [1.82, 2.24) is 5.32 Å². The summed E-state index contributed by atoms with van der Waals surface area (Å²) in [6.07, 6.45) is 4.12. The van der Waals surface area contributed by atoms with Crippen LogP contribution in [0.3, 0.4) is 0 Å². The first-order valence-electron chi connectivity index (χ1n) is 7.60. The fourth-order valence-electron chi connectivity index (χ4n) is 2.57. The van der Waals surface area contributed by atoms with Crippen LogP contribution in [0.15, 0.2) is 18.2 Å². The van der Waals surface area contributed by atoms with Crippen LogP contribution in [0, 0.1) is 5.92 Å². The molecule has 0 aliphatic carbocycles. The minimum atomic E-state index is -0.163. The van der Waals surface area contributed by atoms with E-state index >= 15 is 0 Å². The highest BCUT2D eigenvalue weighted by atomic mass is 35.5. The molecule has 1 heterocycles. The van der Waals surface area contributed by atoms with Gasteiger partial charge >= 0.3 is 6.03 Å². The molecule has 0 aromatic heterocycles. The molecule has 21 heavy (non-hydrogen) atoms. The lowest BCUT2D eigenvalue weighted by Gasteiger charge is -2.22. The Morgan fingerprint density at radius 1 is 1.48 bits per heavy atom. The van der Waals surface area contributed by atoms with Gasteiger partial charge in [0.2, 0.25) is 0 Å². The summed E-state index contributed by atoms with van der Waals surface area (Å²) in [6.45, 7) is 4.41. The number of carbonyl (C=O) groups is 1. The van der Waals surface area contributed by atoms with Crippen molar-refractivity contribution in [1.29, 1.82) is 0 Å². The minimum Gasteiger partial charge on any atom is -0.381 e. The summed E-state index contributed by atoms with van der Waals surface area (Å²) in [4.78, 5) is 11.9. The lowest BCUT2D eigenvalue weighted by atomic mass is 9.99. The molecule has 1 saturated heterocycles. The number of anilines is 1. The predicted molar refractivity (Wildman–Crippen MR) is 86.0 cm³/mol. The van der Waals surface area contributed by atoms with Crippen molar-refractivity contribution in [3.63, 3.8) is 0 Å². The number of hydrogen-bond acceptors (Lipinski definition) is 2. The summed E-state index contributed by atoms with van der Waals surface area (Å²) in [5, 5.41) is 6.48. The van der Waals surface area contributed by atoms with Crippen LogP contribution in [0.5, 0.6) is 0 Å². The van der Waals surface area contributed by atoms with Gasteiger partial charge in [0.1, 0.15) is 0 Å². The fraction of sp³-hybridized carbons (Fsp3) is 0.562. The van der Waals surface area contributed by atoms with Crippen LogP contribution in [-0.2, 0) is 11.2 Å². The monoisotopic (exact) mass is 310 g/mol. The first-order chi connectivity index (χ1) is 10.2. The number of amides is 2. The molecule has 0 saturated carbocycles. The molecule has 2 rings (SSSR count). The molecular formula is C16H23ClN2O2. The van der Waals surface area contributed by atoms with Crippen molar-refractivity contribution in [2.75, 3.05) is 25.1 Å². The molecule has 0 unspecified atom stereocenters. The molecule has 1 atom stereocenters. The highest BCUT2D eigenvalue weighted by Crippen LogP contribution is 2.21. The lowest BCUT2D eigenvalue weighted by Crippen LogP contribution is -2.32. The van der Waals surface area contributed by atoms with Gasteiger partial charge in [0, 0.05) is 30.5 Å². The van der Waals surface area contributed by atoms with Crippen molar-refractivity contribution in [3.8, 4) is 0 Å². The lowest BCUT2D eigenvalue weighted by molar-refractivity contribution is 0.0520. The quantitative estimate of drug-likeness (QED) is 0.868. The summed E-state index contributed by atoms with van der Waals surface area (Å²) >= 11 is 5.96. The number of benzene rings is 1. The Kier molecular flexibility index (Phi) is 6.33. The topological polar surface area (TPSA) is 50.4 Å². The van der Waals surface area contributed by atoms with Crippen molar-refractivity contribution < 1.29 is 9.53 Å². The van der Waals surface area contributed by atoms with Crippen LogP contribution < -0.4 is 10.6 Å². The maximum atomic E-state index is 11.9. The van der Waals surface area contributed by atoms with Crippen LogP contribution in [0.1, 0.15) is 31.7 Å². The van der Waals surface area contributed by atoms with Crippen molar-refractivity contribution >= 4 is 23.3 Å². The summed E-state index contributed by atoms with van der Waals surface area (Å²) in [5.41, 5.74) is 1.86. The van der Waals surface area contributed by atoms with E-state index in [9.17, 15) is 4.79 Å². The molecule has 1 aliphatic heterocycles.